The maximum atomic E-state index is 13.6. The van der Waals surface area contributed by atoms with E-state index in [-0.39, 0.29) is 22.6 Å². The van der Waals surface area contributed by atoms with Gasteiger partial charge in [0.2, 0.25) is 0 Å². The van der Waals surface area contributed by atoms with E-state index in [0.717, 1.165) is 10.7 Å². The van der Waals surface area contributed by atoms with Gasteiger partial charge >= 0.3 is 6.18 Å². The first-order chi connectivity index (χ1) is 12.7. The van der Waals surface area contributed by atoms with E-state index in [9.17, 15) is 22.4 Å². The summed E-state index contributed by atoms with van der Waals surface area (Å²) >= 11 is 0. The molecule has 140 valence electrons. The van der Waals surface area contributed by atoms with E-state index in [1.165, 1.54) is 50.4 Å². The Hall–Kier alpha value is -3.23. The number of halogens is 4. The van der Waals surface area contributed by atoms with Gasteiger partial charge in [0, 0.05) is 11.3 Å². The van der Waals surface area contributed by atoms with Crippen LogP contribution < -0.4 is 5.32 Å². The van der Waals surface area contributed by atoms with E-state index in [1.807, 2.05) is 0 Å². The van der Waals surface area contributed by atoms with Crippen molar-refractivity contribution in [3.8, 4) is 5.69 Å². The van der Waals surface area contributed by atoms with Crippen LogP contribution in [-0.2, 0) is 6.18 Å². The van der Waals surface area contributed by atoms with Crippen LogP contribution in [0.1, 0.15) is 27.3 Å². The second-order valence-electron chi connectivity index (χ2n) is 5.85. The Morgan fingerprint density at radius 2 is 1.89 bits per heavy atom. The SMILES string of the molecule is Cc1c(F)cccc1C(=O)Nc1ccc(-n2nc(C(F)(F)F)cc2C)cn1. The van der Waals surface area contributed by atoms with Crippen LogP contribution in [-0.4, -0.2) is 20.7 Å². The molecular formula is C18H14F4N4O. The first-order valence-corrected chi connectivity index (χ1v) is 7.83. The second-order valence-corrected chi connectivity index (χ2v) is 5.85. The van der Waals surface area contributed by atoms with Crippen molar-refractivity contribution in [3.63, 3.8) is 0 Å². The molecule has 1 aromatic carbocycles. The van der Waals surface area contributed by atoms with Crippen LogP contribution in [0.3, 0.4) is 0 Å². The van der Waals surface area contributed by atoms with E-state index in [0.29, 0.717) is 5.69 Å². The smallest absolute Gasteiger partial charge is 0.307 e. The van der Waals surface area contributed by atoms with Gasteiger partial charge in [-0.15, -0.1) is 0 Å². The molecule has 9 heteroatoms. The summed E-state index contributed by atoms with van der Waals surface area (Å²) in [7, 11) is 0. The van der Waals surface area contributed by atoms with E-state index < -0.39 is 23.6 Å². The van der Waals surface area contributed by atoms with Gasteiger partial charge < -0.3 is 5.32 Å². The Morgan fingerprint density at radius 3 is 2.48 bits per heavy atom. The van der Waals surface area contributed by atoms with Crippen molar-refractivity contribution in [2.24, 2.45) is 0 Å². The van der Waals surface area contributed by atoms with Crippen LogP contribution in [0.4, 0.5) is 23.4 Å². The maximum Gasteiger partial charge on any atom is 0.435 e. The first-order valence-electron chi connectivity index (χ1n) is 7.83. The molecular weight excluding hydrogens is 364 g/mol. The van der Waals surface area contributed by atoms with E-state index >= 15 is 0 Å². The fourth-order valence-corrected chi connectivity index (χ4v) is 2.50. The molecule has 0 aliphatic carbocycles. The third-order valence-electron chi connectivity index (χ3n) is 3.92. The average Bonchev–Trinajstić information content (AvgIpc) is 3.00. The molecule has 3 rings (SSSR count). The van der Waals surface area contributed by atoms with Gasteiger partial charge in [-0.25, -0.2) is 14.1 Å². The maximum absolute atomic E-state index is 13.6. The lowest BCUT2D eigenvalue weighted by Crippen LogP contribution is -2.15. The van der Waals surface area contributed by atoms with Crippen molar-refractivity contribution < 1.29 is 22.4 Å². The van der Waals surface area contributed by atoms with E-state index in [2.05, 4.69) is 15.4 Å². The van der Waals surface area contributed by atoms with Crippen molar-refractivity contribution >= 4 is 11.7 Å². The third-order valence-corrected chi connectivity index (χ3v) is 3.92. The number of pyridine rings is 1. The van der Waals surface area contributed by atoms with Gasteiger partial charge in [-0.05, 0) is 49.7 Å². The number of hydrogen-bond donors (Lipinski definition) is 1. The molecule has 0 saturated heterocycles. The molecule has 0 aliphatic rings. The lowest BCUT2D eigenvalue weighted by atomic mass is 10.1. The van der Waals surface area contributed by atoms with Crippen LogP contribution in [0, 0.1) is 19.7 Å². The molecule has 0 atom stereocenters. The molecule has 0 fully saturated rings. The van der Waals surface area contributed by atoms with Crippen molar-refractivity contribution in [3.05, 3.63) is 70.9 Å². The van der Waals surface area contributed by atoms with E-state index in [4.69, 9.17) is 0 Å². The largest absolute Gasteiger partial charge is 0.435 e. The van der Waals surface area contributed by atoms with E-state index in [1.54, 1.807) is 0 Å². The van der Waals surface area contributed by atoms with Crippen LogP contribution in [0.5, 0.6) is 0 Å². The highest BCUT2D eigenvalue weighted by molar-refractivity contribution is 6.04. The van der Waals surface area contributed by atoms with Gasteiger partial charge in [0.05, 0.1) is 11.9 Å². The van der Waals surface area contributed by atoms with Gasteiger partial charge in [0.25, 0.3) is 5.91 Å². The molecule has 2 aromatic heterocycles. The minimum Gasteiger partial charge on any atom is -0.307 e. The number of hydrogen-bond acceptors (Lipinski definition) is 3. The van der Waals surface area contributed by atoms with Crippen molar-refractivity contribution in [1.29, 1.82) is 0 Å². The van der Waals surface area contributed by atoms with Crippen molar-refractivity contribution in [2.75, 3.05) is 5.32 Å². The minimum absolute atomic E-state index is 0.165. The molecule has 0 saturated carbocycles. The zero-order chi connectivity index (χ0) is 19.8. The normalized spacial score (nSPS) is 11.5. The monoisotopic (exact) mass is 378 g/mol. The number of benzene rings is 1. The molecule has 0 bridgehead atoms. The molecule has 1 N–H and O–H groups in total. The number of alkyl halides is 3. The average molecular weight is 378 g/mol. The lowest BCUT2D eigenvalue weighted by molar-refractivity contribution is -0.141. The molecule has 27 heavy (non-hydrogen) atoms. The number of carbonyl (C=O) groups excluding carboxylic acids is 1. The Bertz CT molecular complexity index is 994. The quantitative estimate of drug-likeness (QED) is 0.692. The molecule has 2 heterocycles. The number of amides is 1. The fraction of sp³-hybridized carbons (Fsp3) is 0.167. The number of nitrogens with zero attached hydrogens (tertiary/aromatic N) is 3. The number of rotatable bonds is 3. The third kappa shape index (κ3) is 3.81. The molecule has 1 amide bonds. The zero-order valence-corrected chi connectivity index (χ0v) is 14.3. The second kappa shape index (κ2) is 6.82. The summed E-state index contributed by atoms with van der Waals surface area (Å²) in [4.78, 5) is 16.3. The highest BCUT2D eigenvalue weighted by atomic mass is 19.4. The highest BCUT2D eigenvalue weighted by Crippen LogP contribution is 2.29. The van der Waals surface area contributed by atoms with Crippen LogP contribution >= 0.6 is 0 Å². The number of anilines is 1. The van der Waals surface area contributed by atoms with Gasteiger partial charge in [0.15, 0.2) is 5.69 Å². The summed E-state index contributed by atoms with van der Waals surface area (Å²) in [6, 6.07) is 7.99. The number of aromatic nitrogens is 3. The summed E-state index contributed by atoms with van der Waals surface area (Å²) in [6.07, 6.45) is -3.26. The Kier molecular flexibility index (Phi) is 4.69. The molecule has 3 aromatic rings. The highest BCUT2D eigenvalue weighted by Gasteiger charge is 2.34. The van der Waals surface area contributed by atoms with Crippen molar-refractivity contribution in [1.82, 2.24) is 14.8 Å². The molecule has 0 radical (unpaired) electrons. The molecule has 0 spiro atoms. The van der Waals surface area contributed by atoms with Gasteiger partial charge in [-0.2, -0.15) is 18.3 Å². The Balaban J connectivity index is 1.81. The summed E-state index contributed by atoms with van der Waals surface area (Å²) in [6.45, 7) is 2.98. The molecule has 0 unspecified atom stereocenters. The summed E-state index contributed by atoms with van der Waals surface area (Å²) in [5.74, 6) is -0.865. The van der Waals surface area contributed by atoms with Crippen LogP contribution in [0.15, 0.2) is 42.6 Å². The zero-order valence-electron chi connectivity index (χ0n) is 14.3. The van der Waals surface area contributed by atoms with Gasteiger partial charge in [-0.1, -0.05) is 6.07 Å². The minimum atomic E-state index is -4.54. The number of carbonyl (C=O) groups is 1. The topological polar surface area (TPSA) is 59.8 Å². The van der Waals surface area contributed by atoms with Gasteiger partial charge in [-0.3, -0.25) is 4.79 Å². The number of aryl methyl sites for hydroxylation is 1. The standard InChI is InChI=1S/C18H14F4N4O/c1-10-8-15(18(20,21)22)25-26(10)12-6-7-16(23-9-12)24-17(27)13-4-3-5-14(19)11(13)2/h3-9H,1-2H3,(H,23,24,27). The number of nitrogens with one attached hydrogen (secondary N) is 1. The summed E-state index contributed by atoms with van der Waals surface area (Å²) in [5, 5.41) is 6.06. The predicted molar refractivity (Wildman–Crippen MR) is 90.2 cm³/mol. The molecule has 5 nitrogen and oxygen atoms in total. The van der Waals surface area contributed by atoms with Crippen LogP contribution in [0.2, 0.25) is 0 Å². The summed E-state index contributed by atoms with van der Waals surface area (Å²) in [5.41, 5.74) is -0.0322. The molecule has 0 aliphatic heterocycles. The van der Waals surface area contributed by atoms with Crippen molar-refractivity contribution in [2.45, 2.75) is 20.0 Å². The van der Waals surface area contributed by atoms with Gasteiger partial charge in [0.1, 0.15) is 11.6 Å². The predicted octanol–water partition coefficient (Wildman–Crippen LogP) is 4.29. The Morgan fingerprint density at radius 1 is 1.15 bits per heavy atom. The van der Waals surface area contributed by atoms with Crippen LogP contribution in [0.25, 0.3) is 5.69 Å². The fourth-order valence-electron chi connectivity index (χ4n) is 2.50. The lowest BCUT2D eigenvalue weighted by Gasteiger charge is -2.09. The Labute approximate surface area is 151 Å². The summed E-state index contributed by atoms with van der Waals surface area (Å²) < 4.78 is 52.9. The first kappa shape index (κ1) is 18.6.